The molecule has 1 amide bonds. The second kappa shape index (κ2) is 6.17. The van der Waals surface area contributed by atoms with Crippen LogP contribution in [0.3, 0.4) is 0 Å². The van der Waals surface area contributed by atoms with Crippen LogP contribution < -0.4 is 5.43 Å². The first kappa shape index (κ1) is 11.6. The quantitative estimate of drug-likeness (QED) is 0.305. The van der Waals surface area contributed by atoms with Gasteiger partial charge >= 0.3 is 0 Å². The van der Waals surface area contributed by atoms with Crippen molar-refractivity contribution in [1.82, 2.24) is 5.43 Å². The van der Waals surface area contributed by atoms with E-state index in [-0.39, 0.29) is 5.91 Å². The zero-order valence-corrected chi connectivity index (χ0v) is 8.37. The van der Waals surface area contributed by atoms with Crippen molar-refractivity contribution in [3.8, 4) is 0 Å². The first-order valence-electron chi connectivity index (χ1n) is 4.23. The fourth-order valence-electron chi connectivity index (χ4n) is 0.773. The van der Waals surface area contributed by atoms with Crippen molar-refractivity contribution >= 4 is 12.1 Å². The van der Waals surface area contributed by atoms with E-state index in [1.165, 1.54) is 12.3 Å². The topological polar surface area (TPSA) is 41.5 Å². The number of carbonyl (C=O) groups is 1. The van der Waals surface area contributed by atoms with Crippen molar-refractivity contribution in [2.45, 2.75) is 20.8 Å². The van der Waals surface area contributed by atoms with Crippen LogP contribution in [0.5, 0.6) is 0 Å². The Morgan fingerprint density at radius 1 is 1.54 bits per heavy atom. The molecular formula is C10H16N2O. The molecule has 13 heavy (non-hydrogen) atoms. The molecule has 0 fully saturated rings. The van der Waals surface area contributed by atoms with Crippen LogP contribution in [0.15, 0.2) is 29.4 Å². The van der Waals surface area contributed by atoms with Gasteiger partial charge in [-0.3, -0.25) is 4.79 Å². The molecule has 0 saturated carbocycles. The van der Waals surface area contributed by atoms with Crippen molar-refractivity contribution in [2.75, 3.05) is 0 Å². The molecule has 1 N–H and O–H groups in total. The molecule has 0 rings (SSSR count). The van der Waals surface area contributed by atoms with Crippen molar-refractivity contribution < 1.29 is 4.79 Å². The van der Waals surface area contributed by atoms with Gasteiger partial charge in [0.15, 0.2) is 0 Å². The SMILES string of the molecule is C=C/C(=C\C(=O)N/N=C/C)C(C)C. The minimum Gasteiger partial charge on any atom is -0.268 e. The number of hydrogen-bond donors (Lipinski definition) is 1. The average Bonchev–Trinajstić information content (AvgIpc) is 2.10. The molecule has 0 radical (unpaired) electrons. The van der Waals surface area contributed by atoms with Gasteiger partial charge in [-0.25, -0.2) is 5.43 Å². The zero-order chi connectivity index (χ0) is 10.3. The van der Waals surface area contributed by atoms with E-state index in [0.717, 1.165) is 5.57 Å². The van der Waals surface area contributed by atoms with Crippen LogP contribution in [-0.2, 0) is 4.79 Å². The summed E-state index contributed by atoms with van der Waals surface area (Å²) < 4.78 is 0. The number of nitrogens with one attached hydrogen (secondary N) is 1. The lowest BCUT2D eigenvalue weighted by Crippen LogP contribution is -2.15. The van der Waals surface area contributed by atoms with Gasteiger partial charge in [0.25, 0.3) is 5.91 Å². The third-order valence-electron chi connectivity index (χ3n) is 1.50. The molecule has 0 aromatic heterocycles. The van der Waals surface area contributed by atoms with Gasteiger partial charge in [0.2, 0.25) is 0 Å². The fourth-order valence-corrected chi connectivity index (χ4v) is 0.773. The van der Waals surface area contributed by atoms with Gasteiger partial charge in [-0.15, -0.1) is 0 Å². The van der Waals surface area contributed by atoms with E-state index in [0.29, 0.717) is 5.92 Å². The lowest BCUT2D eigenvalue weighted by Gasteiger charge is -2.04. The first-order valence-corrected chi connectivity index (χ1v) is 4.23. The molecular weight excluding hydrogens is 164 g/mol. The van der Waals surface area contributed by atoms with Crippen molar-refractivity contribution in [2.24, 2.45) is 11.0 Å². The Morgan fingerprint density at radius 2 is 2.15 bits per heavy atom. The number of carbonyl (C=O) groups excluding carboxylic acids is 1. The summed E-state index contributed by atoms with van der Waals surface area (Å²) in [5.74, 6) is 0.0792. The number of allylic oxidation sites excluding steroid dienone is 2. The molecule has 0 heterocycles. The van der Waals surface area contributed by atoms with Crippen LogP contribution in [0.25, 0.3) is 0 Å². The minimum absolute atomic E-state index is 0.221. The normalized spacial score (nSPS) is 12.2. The molecule has 0 aromatic rings. The Bertz CT molecular complexity index is 239. The number of amides is 1. The second-order valence-electron chi connectivity index (χ2n) is 2.87. The number of nitrogens with zero attached hydrogens (tertiary/aromatic N) is 1. The summed E-state index contributed by atoms with van der Waals surface area (Å²) in [6.07, 6.45) is 4.71. The van der Waals surface area contributed by atoms with Crippen LogP contribution in [-0.4, -0.2) is 12.1 Å². The van der Waals surface area contributed by atoms with Crippen molar-refractivity contribution in [3.63, 3.8) is 0 Å². The smallest absolute Gasteiger partial charge is 0.264 e. The van der Waals surface area contributed by atoms with Gasteiger partial charge < -0.3 is 0 Å². The lowest BCUT2D eigenvalue weighted by molar-refractivity contribution is -0.116. The number of hydrazone groups is 1. The predicted molar refractivity (Wildman–Crippen MR) is 55.4 cm³/mol. The molecule has 72 valence electrons. The van der Waals surface area contributed by atoms with E-state index in [1.807, 2.05) is 13.8 Å². The first-order chi connectivity index (χ1) is 6.11. The maximum absolute atomic E-state index is 11.1. The molecule has 0 bridgehead atoms. The van der Waals surface area contributed by atoms with Gasteiger partial charge in [0.05, 0.1) is 0 Å². The third kappa shape index (κ3) is 4.95. The monoisotopic (exact) mass is 180 g/mol. The van der Waals surface area contributed by atoms with E-state index in [4.69, 9.17) is 0 Å². The second-order valence-corrected chi connectivity index (χ2v) is 2.87. The highest BCUT2D eigenvalue weighted by Crippen LogP contribution is 2.09. The average molecular weight is 180 g/mol. The van der Waals surface area contributed by atoms with Crippen molar-refractivity contribution in [3.05, 3.63) is 24.3 Å². The van der Waals surface area contributed by atoms with Gasteiger partial charge in [0.1, 0.15) is 0 Å². The summed E-state index contributed by atoms with van der Waals surface area (Å²) >= 11 is 0. The Kier molecular flexibility index (Phi) is 5.52. The van der Waals surface area contributed by atoms with Crippen LogP contribution in [0.2, 0.25) is 0 Å². The highest BCUT2D eigenvalue weighted by atomic mass is 16.2. The van der Waals surface area contributed by atoms with Crippen LogP contribution in [0.1, 0.15) is 20.8 Å². The zero-order valence-electron chi connectivity index (χ0n) is 8.37. The molecule has 0 aliphatic carbocycles. The molecule has 0 aliphatic heterocycles. The Labute approximate surface area is 79.2 Å². The molecule has 0 aromatic carbocycles. The van der Waals surface area contributed by atoms with Crippen molar-refractivity contribution in [1.29, 1.82) is 0 Å². The Hall–Kier alpha value is -1.38. The molecule has 0 aliphatic rings. The summed E-state index contributed by atoms with van der Waals surface area (Å²) in [5.41, 5.74) is 3.26. The summed E-state index contributed by atoms with van der Waals surface area (Å²) in [7, 11) is 0. The van der Waals surface area contributed by atoms with E-state index in [2.05, 4.69) is 17.1 Å². The van der Waals surface area contributed by atoms with E-state index in [1.54, 1.807) is 13.0 Å². The van der Waals surface area contributed by atoms with Crippen LogP contribution in [0, 0.1) is 5.92 Å². The fraction of sp³-hybridized carbons (Fsp3) is 0.400. The number of rotatable bonds is 4. The van der Waals surface area contributed by atoms with Crippen LogP contribution in [0.4, 0.5) is 0 Å². The molecule has 0 spiro atoms. The van der Waals surface area contributed by atoms with Crippen LogP contribution >= 0.6 is 0 Å². The van der Waals surface area contributed by atoms with Gasteiger partial charge in [0, 0.05) is 12.3 Å². The maximum Gasteiger partial charge on any atom is 0.264 e. The summed E-state index contributed by atoms with van der Waals surface area (Å²) in [6, 6.07) is 0. The summed E-state index contributed by atoms with van der Waals surface area (Å²) in [4.78, 5) is 11.1. The number of hydrogen-bond acceptors (Lipinski definition) is 2. The Balaban J connectivity index is 4.33. The third-order valence-corrected chi connectivity index (χ3v) is 1.50. The van der Waals surface area contributed by atoms with E-state index >= 15 is 0 Å². The highest BCUT2D eigenvalue weighted by molar-refractivity contribution is 5.88. The largest absolute Gasteiger partial charge is 0.268 e. The van der Waals surface area contributed by atoms with Gasteiger partial charge in [-0.05, 0) is 18.4 Å². The minimum atomic E-state index is -0.221. The van der Waals surface area contributed by atoms with Gasteiger partial charge in [-0.1, -0.05) is 26.5 Å². The summed E-state index contributed by atoms with van der Waals surface area (Å²) in [6.45, 7) is 9.37. The molecule has 3 nitrogen and oxygen atoms in total. The lowest BCUT2D eigenvalue weighted by atomic mass is 10.0. The van der Waals surface area contributed by atoms with E-state index < -0.39 is 0 Å². The molecule has 0 saturated heterocycles. The predicted octanol–water partition coefficient (Wildman–Crippen LogP) is 1.88. The maximum atomic E-state index is 11.1. The van der Waals surface area contributed by atoms with Gasteiger partial charge in [-0.2, -0.15) is 5.10 Å². The Morgan fingerprint density at radius 3 is 2.54 bits per heavy atom. The standard InChI is InChI=1S/C10H16N2O/c1-5-9(8(3)4)7-10(13)12-11-6-2/h5-8H,1H2,2-4H3,(H,12,13)/b9-7+,11-6+. The molecule has 3 heteroatoms. The molecule has 0 unspecified atom stereocenters. The molecule has 0 atom stereocenters. The van der Waals surface area contributed by atoms with E-state index in [9.17, 15) is 4.79 Å². The highest BCUT2D eigenvalue weighted by Gasteiger charge is 2.01. The summed E-state index contributed by atoms with van der Waals surface area (Å²) in [5, 5.41) is 3.61.